The van der Waals surface area contributed by atoms with Gasteiger partial charge in [-0.3, -0.25) is 33.7 Å². The number of hydrogen-bond acceptors (Lipinski definition) is 7. The first kappa shape index (κ1) is 37.3. The number of fused-ring (bicyclic) bond motifs is 1. The number of amides is 7. The molecule has 2 aliphatic heterocycles. The predicted octanol–water partition coefficient (Wildman–Crippen LogP) is 2.11. The second-order valence-electron chi connectivity index (χ2n) is 18.1. The molecule has 2 aliphatic carbocycles. The Hall–Kier alpha value is -3.51. The molecule has 7 amide bonds. The van der Waals surface area contributed by atoms with Gasteiger partial charge in [0, 0.05) is 25.9 Å². The van der Waals surface area contributed by atoms with E-state index < -0.39 is 69.4 Å². The number of imide groups is 1. The number of rotatable bonds is 10. The number of nitrogens with two attached hydrogens (primary N) is 1. The normalized spacial score (nSPS) is 30.1. The van der Waals surface area contributed by atoms with Crippen LogP contribution in [0.5, 0.6) is 0 Å². The molecule has 0 spiro atoms. The van der Waals surface area contributed by atoms with E-state index in [0.717, 1.165) is 0 Å². The number of primary amides is 1. The zero-order valence-electron chi connectivity index (χ0n) is 30.5. The van der Waals surface area contributed by atoms with E-state index in [-0.39, 0.29) is 54.4 Å². The minimum absolute atomic E-state index is 0.00383. The molecule has 4 aliphatic rings. The van der Waals surface area contributed by atoms with Crippen molar-refractivity contribution >= 4 is 41.4 Å². The van der Waals surface area contributed by atoms with Crippen molar-refractivity contribution in [2.45, 2.75) is 126 Å². The zero-order chi connectivity index (χ0) is 36.5. The fourth-order valence-electron chi connectivity index (χ4n) is 7.92. The Morgan fingerprint density at radius 1 is 0.917 bits per heavy atom. The van der Waals surface area contributed by atoms with Crippen molar-refractivity contribution in [3.05, 3.63) is 0 Å². The summed E-state index contributed by atoms with van der Waals surface area (Å²) in [5.74, 6) is -3.79. The average Bonchev–Trinajstić information content (AvgIpc) is 3.68. The van der Waals surface area contributed by atoms with Crippen molar-refractivity contribution in [3.63, 3.8) is 0 Å². The first-order chi connectivity index (χ1) is 21.8. The van der Waals surface area contributed by atoms with Gasteiger partial charge in [-0.1, -0.05) is 82.6 Å². The van der Waals surface area contributed by atoms with Crippen molar-refractivity contribution in [3.8, 4) is 0 Å². The summed E-state index contributed by atoms with van der Waals surface area (Å²) >= 11 is 0. The monoisotopic (exact) mass is 672 g/mol. The number of nitrogens with one attached hydrogen (secondary N) is 3. The highest BCUT2D eigenvalue weighted by Gasteiger charge is 2.71. The lowest BCUT2D eigenvalue weighted by atomic mass is 9.80. The number of ketones is 1. The van der Waals surface area contributed by atoms with Crippen LogP contribution in [0.1, 0.15) is 102 Å². The predicted molar refractivity (Wildman–Crippen MR) is 178 cm³/mol. The quantitative estimate of drug-likeness (QED) is 0.202. The number of hydrogen-bond donors (Lipinski definition) is 4. The molecule has 2 saturated heterocycles. The van der Waals surface area contributed by atoms with Crippen LogP contribution in [-0.2, 0) is 28.8 Å². The summed E-state index contributed by atoms with van der Waals surface area (Å²) in [7, 11) is 0. The van der Waals surface area contributed by atoms with Crippen molar-refractivity contribution in [2.75, 3.05) is 13.1 Å². The molecule has 0 radical (unpaired) electrons. The lowest BCUT2D eigenvalue weighted by Gasteiger charge is -2.41. The highest BCUT2D eigenvalue weighted by atomic mass is 16.2. The van der Waals surface area contributed by atoms with E-state index in [0.29, 0.717) is 19.4 Å². The van der Waals surface area contributed by atoms with Crippen LogP contribution >= 0.6 is 0 Å². The second kappa shape index (κ2) is 12.1. The molecule has 0 bridgehead atoms. The molecule has 13 nitrogen and oxygen atoms in total. The van der Waals surface area contributed by atoms with Crippen molar-refractivity contribution < 1.29 is 33.6 Å². The Bertz CT molecular complexity index is 1390. The maximum atomic E-state index is 14.4. The van der Waals surface area contributed by atoms with Gasteiger partial charge in [-0.05, 0) is 45.8 Å². The summed E-state index contributed by atoms with van der Waals surface area (Å²) in [6.07, 6.45) is 1.33. The van der Waals surface area contributed by atoms with Gasteiger partial charge < -0.3 is 26.6 Å². The smallest absolute Gasteiger partial charge is 0.315 e. The summed E-state index contributed by atoms with van der Waals surface area (Å²) in [4.78, 5) is 95.3. The van der Waals surface area contributed by atoms with Crippen LogP contribution in [0.3, 0.4) is 0 Å². The number of carbonyl (C=O) groups excluding carboxylic acids is 7. The van der Waals surface area contributed by atoms with Crippen LogP contribution in [0.25, 0.3) is 0 Å². The summed E-state index contributed by atoms with van der Waals surface area (Å²) in [5.41, 5.74) is 2.02. The fraction of sp³-hybridized carbons (Fsp3) is 0.800. The third-order valence-electron chi connectivity index (χ3n) is 11.3. The molecule has 0 aromatic rings. The van der Waals surface area contributed by atoms with Crippen LogP contribution in [0.2, 0.25) is 0 Å². The molecule has 0 aromatic carbocycles. The Balaban J connectivity index is 1.54. The number of Topliss-reactive ketones (excluding diaryl/α,β-unsaturated/α-hetero) is 1. The molecular formula is C35H56N6O7. The first-order valence-corrected chi connectivity index (χ1v) is 17.2. The molecule has 0 aromatic heterocycles. The van der Waals surface area contributed by atoms with Crippen LogP contribution in [-0.4, -0.2) is 87.9 Å². The maximum Gasteiger partial charge on any atom is 0.315 e. The molecule has 5 N–H and O–H groups in total. The summed E-state index contributed by atoms with van der Waals surface area (Å²) in [5, 5.41) is 8.62. The molecule has 268 valence electrons. The third-order valence-corrected chi connectivity index (χ3v) is 11.3. The molecule has 48 heavy (non-hydrogen) atoms. The largest absolute Gasteiger partial charge is 0.363 e. The molecule has 2 heterocycles. The van der Waals surface area contributed by atoms with Gasteiger partial charge in [0.2, 0.25) is 29.4 Å². The fourth-order valence-corrected chi connectivity index (χ4v) is 7.92. The minimum Gasteiger partial charge on any atom is -0.363 e. The highest BCUT2D eigenvalue weighted by Crippen LogP contribution is 2.65. The van der Waals surface area contributed by atoms with Crippen molar-refractivity contribution in [2.24, 2.45) is 45.1 Å². The molecule has 13 heteroatoms. The van der Waals surface area contributed by atoms with Crippen LogP contribution in [0.15, 0.2) is 0 Å². The first-order valence-electron chi connectivity index (χ1n) is 17.2. The lowest BCUT2D eigenvalue weighted by Crippen LogP contribution is -2.63. The number of urea groups is 1. The van der Waals surface area contributed by atoms with Crippen LogP contribution in [0, 0.1) is 39.4 Å². The molecule has 0 unspecified atom stereocenters. The average molecular weight is 673 g/mol. The molecule has 4 rings (SSSR count). The van der Waals surface area contributed by atoms with Gasteiger partial charge in [0.15, 0.2) is 0 Å². The van der Waals surface area contributed by atoms with E-state index in [4.69, 9.17) is 5.73 Å². The minimum atomic E-state index is -1.36. The SMILES string of the molecule is CC[C@H]1C[C@]1(NC(=O)[C@@H]1[C@@H]2[C@H](CN1C(=O)[C@@H](NC(=O)N[C@H](CN1C(=O)CC(C)(C)CC1=O)C(C)(C)C)C(C)(C)C)C2(C)C)C(=O)C(N)=O. The van der Waals surface area contributed by atoms with E-state index in [1.165, 1.54) is 9.80 Å². The van der Waals surface area contributed by atoms with Crippen LogP contribution in [0.4, 0.5) is 4.79 Å². The van der Waals surface area contributed by atoms with Crippen LogP contribution < -0.4 is 21.7 Å². The topological polar surface area (TPSA) is 188 Å². The Morgan fingerprint density at radius 2 is 1.48 bits per heavy atom. The number of piperidine rings is 2. The Kier molecular flexibility index (Phi) is 9.42. The van der Waals surface area contributed by atoms with Gasteiger partial charge in [-0.15, -0.1) is 0 Å². The molecule has 4 fully saturated rings. The summed E-state index contributed by atoms with van der Waals surface area (Å²) in [6.45, 7) is 21.1. The maximum absolute atomic E-state index is 14.4. The van der Waals surface area contributed by atoms with Gasteiger partial charge in [-0.25, -0.2) is 4.79 Å². The van der Waals surface area contributed by atoms with E-state index in [1.807, 2.05) is 76.2 Å². The van der Waals surface area contributed by atoms with E-state index in [1.54, 1.807) is 0 Å². The van der Waals surface area contributed by atoms with Gasteiger partial charge in [-0.2, -0.15) is 0 Å². The van der Waals surface area contributed by atoms with Gasteiger partial charge in [0.05, 0.1) is 6.04 Å². The Labute approximate surface area is 284 Å². The van der Waals surface area contributed by atoms with E-state index >= 15 is 0 Å². The van der Waals surface area contributed by atoms with Gasteiger partial charge in [0.25, 0.3) is 5.91 Å². The molecule has 7 atom stereocenters. The standard InChI is InChI=1S/C35H56N6O7/c1-12-18-13-35(18,26(44)27(36)45)39-28(46)24-23-19(34(23,10)11)16-41(24)29(47)25(32(5,6)7)38-30(48)37-20(31(2,3)4)17-40-21(42)14-33(8,9)15-22(40)43/h18-20,23-25H,12-17H2,1-11H3,(H2,36,45)(H,39,46)(H2,37,38,48)/t18-,19-,20+,23-,24-,25+,35+/m0/s1. The number of nitrogens with zero attached hydrogens (tertiary/aromatic N) is 2. The summed E-state index contributed by atoms with van der Waals surface area (Å²) in [6, 6.07) is -3.20. The highest BCUT2D eigenvalue weighted by molar-refractivity contribution is 6.40. The van der Waals surface area contributed by atoms with Crippen molar-refractivity contribution in [1.29, 1.82) is 0 Å². The van der Waals surface area contributed by atoms with Gasteiger partial charge >= 0.3 is 6.03 Å². The number of carbonyl (C=O) groups is 7. The zero-order valence-corrected chi connectivity index (χ0v) is 30.5. The van der Waals surface area contributed by atoms with Gasteiger partial charge in [0.1, 0.15) is 17.6 Å². The second-order valence-corrected chi connectivity index (χ2v) is 18.1. The lowest BCUT2D eigenvalue weighted by molar-refractivity contribution is -0.153. The van der Waals surface area contributed by atoms with E-state index in [2.05, 4.69) is 16.0 Å². The van der Waals surface area contributed by atoms with Crippen molar-refractivity contribution in [1.82, 2.24) is 25.8 Å². The molecule has 2 saturated carbocycles. The number of likely N-dealkylation sites (tertiary alicyclic amines) is 2. The van der Waals surface area contributed by atoms with E-state index in [9.17, 15) is 33.6 Å². The Morgan fingerprint density at radius 3 is 1.94 bits per heavy atom. The molecular weight excluding hydrogens is 616 g/mol. The third kappa shape index (κ3) is 6.96. The summed E-state index contributed by atoms with van der Waals surface area (Å²) < 4.78 is 0.